The van der Waals surface area contributed by atoms with Gasteiger partial charge in [0.05, 0.1) is 5.69 Å². The standard InChI is InChI=1S/C50H35N/c1-3-12-36(13-4-1)37-22-24-38(25-23-37)39-26-31-44(32-27-39)51(49-21-11-18-40-14-7-9-19-46(40)49)45-33-28-42(29-34-45)48-35-30-41-15-8-10-20-47(41)50(48)43-16-5-2-6-17-43/h1-35H. The minimum Gasteiger partial charge on any atom is -0.310 e. The quantitative estimate of drug-likeness (QED) is 0.166. The Morgan fingerprint density at radius 2 is 0.686 bits per heavy atom. The summed E-state index contributed by atoms with van der Waals surface area (Å²) in [5.41, 5.74) is 13.1. The SMILES string of the molecule is c1ccc(-c2ccc(-c3ccc(N(c4ccc(-c5ccc6ccccc6c5-c5ccccc5)cc4)c4cccc5ccccc45)cc3)cc2)cc1. The van der Waals surface area contributed by atoms with Gasteiger partial charge in [0, 0.05) is 16.8 Å². The van der Waals surface area contributed by atoms with Gasteiger partial charge >= 0.3 is 0 Å². The summed E-state index contributed by atoms with van der Waals surface area (Å²) in [4.78, 5) is 2.38. The monoisotopic (exact) mass is 649 g/mol. The third kappa shape index (κ3) is 5.86. The van der Waals surface area contributed by atoms with Crippen LogP contribution in [0.2, 0.25) is 0 Å². The summed E-state index contributed by atoms with van der Waals surface area (Å²) in [6, 6.07) is 76.6. The number of nitrogens with zero attached hydrogens (tertiary/aromatic N) is 1. The molecule has 0 saturated carbocycles. The Bertz CT molecular complexity index is 2580. The summed E-state index contributed by atoms with van der Waals surface area (Å²) in [5, 5.41) is 4.94. The van der Waals surface area contributed by atoms with E-state index in [1.165, 1.54) is 66.1 Å². The van der Waals surface area contributed by atoms with E-state index in [4.69, 9.17) is 0 Å². The molecule has 0 N–H and O–H groups in total. The highest BCUT2D eigenvalue weighted by molar-refractivity contribution is 6.04. The first kappa shape index (κ1) is 30.4. The van der Waals surface area contributed by atoms with E-state index in [2.05, 4.69) is 217 Å². The molecule has 0 fully saturated rings. The second-order valence-corrected chi connectivity index (χ2v) is 12.9. The number of hydrogen-bond donors (Lipinski definition) is 0. The molecule has 51 heavy (non-hydrogen) atoms. The van der Waals surface area contributed by atoms with Gasteiger partial charge < -0.3 is 4.90 Å². The fourth-order valence-corrected chi connectivity index (χ4v) is 7.34. The Balaban J connectivity index is 1.12. The average Bonchev–Trinajstić information content (AvgIpc) is 3.22. The molecule has 9 rings (SSSR count). The van der Waals surface area contributed by atoms with Crippen molar-refractivity contribution in [3.05, 3.63) is 212 Å². The Morgan fingerprint density at radius 1 is 0.255 bits per heavy atom. The third-order valence-electron chi connectivity index (χ3n) is 9.89. The van der Waals surface area contributed by atoms with Crippen LogP contribution in [0.1, 0.15) is 0 Å². The molecule has 0 heterocycles. The predicted molar refractivity (Wildman–Crippen MR) is 218 cm³/mol. The number of hydrogen-bond acceptors (Lipinski definition) is 1. The molecule has 0 aliphatic heterocycles. The van der Waals surface area contributed by atoms with Crippen molar-refractivity contribution in [3.8, 4) is 44.5 Å². The van der Waals surface area contributed by atoms with Gasteiger partial charge in [0.15, 0.2) is 0 Å². The average molecular weight is 650 g/mol. The van der Waals surface area contributed by atoms with Crippen LogP contribution >= 0.6 is 0 Å². The second kappa shape index (κ2) is 13.3. The molecule has 240 valence electrons. The molecule has 0 atom stereocenters. The highest BCUT2D eigenvalue weighted by atomic mass is 15.1. The predicted octanol–water partition coefficient (Wildman–Crippen LogP) is 14.1. The number of rotatable bonds is 7. The molecule has 0 aliphatic carbocycles. The van der Waals surface area contributed by atoms with Crippen molar-refractivity contribution in [3.63, 3.8) is 0 Å². The molecule has 1 nitrogen and oxygen atoms in total. The van der Waals surface area contributed by atoms with Crippen LogP contribution in [-0.4, -0.2) is 0 Å². The maximum Gasteiger partial charge on any atom is 0.0540 e. The van der Waals surface area contributed by atoms with Crippen LogP contribution < -0.4 is 4.90 Å². The zero-order valence-corrected chi connectivity index (χ0v) is 28.2. The van der Waals surface area contributed by atoms with E-state index in [0.717, 1.165) is 17.1 Å². The maximum absolute atomic E-state index is 2.38. The maximum atomic E-state index is 2.38. The molecule has 0 radical (unpaired) electrons. The lowest BCUT2D eigenvalue weighted by Crippen LogP contribution is -2.10. The first-order valence-electron chi connectivity index (χ1n) is 17.5. The highest BCUT2D eigenvalue weighted by Crippen LogP contribution is 2.42. The first-order valence-corrected chi connectivity index (χ1v) is 17.5. The van der Waals surface area contributed by atoms with E-state index in [9.17, 15) is 0 Å². The van der Waals surface area contributed by atoms with E-state index in [1.54, 1.807) is 0 Å². The molecule has 0 amide bonds. The van der Waals surface area contributed by atoms with Crippen molar-refractivity contribution in [1.29, 1.82) is 0 Å². The van der Waals surface area contributed by atoms with Crippen molar-refractivity contribution < 1.29 is 0 Å². The summed E-state index contributed by atoms with van der Waals surface area (Å²) >= 11 is 0. The molecule has 0 saturated heterocycles. The second-order valence-electron chi connectivity index (χ2n) is 12.9. The van der Waals surface area contributed by atoms with Gasteiger partial charge in [-0.3, -0.25) is 0 Å². The van der Waals surface area contributed by atoms with Crippen LogP contribution in [0, 0.1) is 0 Å². The van der Waals surface area contributed by atoms with Crippen molar-refractivity contribution >= 4 is 38.6 Å². The smallest absolute Gasteiger partial charge is 0.0540 e. The molecule has 9 aromatic carbocycles. The van der Waals surface area contributed by atoms with Gasteiger partial charge in [0.1, 0.15) is 0 Å². The summed E-state index contributed by atoms with van der Waals surface area (Å²) in [6.45, 7) is 0. The van der Waals surface area contributed by atoms with Crippen molar-refractivity contribution in [2.24, 2.45) is 0 Å². The Hall–Kier alpha value is -6.70. The zero-order valence-electron chi connectivity index (χ0n) is 28.2. The molecular weight excluding hydrogens is 615 g/mol. The minimum absolute atomic E-state index is 1.11. The Labute approximate surface area is 299 Å². The van der Waals surface area contributed by atoms with E-state index in [0.29, 0.717) is 0 Å². The summed E-state index contributed by atoms with van der Waals surface area (Å²) in [6.07, 6.45) is 0. The summed E-state index contributed by atoms with van der Waals surface area (Å²) < 4.78 is 0. The molecule has 9 aromatic rings. The molecule has 0 aromatic heterocycles. The minimum atomic E-state index is 1.11. The fraction of sp³-hybridized carbons (Fsp3) is 0. The molecule has 1 heteroatoms. The normalized spacial score (nSPS) is 11.1. The zero-order chi connectivity index (χ0) is 34.0. The number of anilines is 3. The van der Waals surface area contributed by atoms with Gasteiger partial charge in [0.2, 0.25) is 0 Å². The van der Waals surface area contributed by atoms with Crippen molar-refractivity contribution in [2.45, 2.75) is 0 Å². The lowest BCUT2D eigenvalue weighted by Gasteiger charge is -2.27. The lowest BCUT2D eigenvalue weighted by molar-refractivity contribution is 1.30. The van der Waals surface area contributed by atoms with Crippen LogP contribution in [0.15, 0.2) is 212 Å². The van der Waals surface area contributed by atoms with Gasteiger partial charge in [-0.2, -0.15) is 0 Å². The van der Waals surface area contributed by atoms with E-state index in [1.807, 2.05) is 0 Å². The topological polar surface area (TPSA) is 3.24 Å². The van der Waals surface area contributed by atoms with Gasteiger partial charge in [-0.05, 0) is 91.0 Å². The summed E-state index contributed by atoms with van der Waals surface area (Å²) in [5.74, 6) is 0. The molecule has 0 spiro atoms. The van der Waals surface area contributed by atoms with E-state index >= 15 is 0 Å². The van der Waals surface area contributed by atoms with Crippen LogP contribution in [-0.2, 0) is 0 Å². The van der Waals surface area contributed by atoms with Gasteiger partial charge in [-0.15, -0.1) is 0 Å². The highest BCUT2D eigenvalue weighted by Gasteiger charge is 2.17. The van der Waals surface area contributed by atoms with Gasteiger partial charge in [-0.1, -0.05) is 182 Å². The van der Waals surface area contributed by atoms with E-state index in [-0.39, 0.29) is 0 Å². The largest absolute Gasteiger partial charge is 0.310 e. The molecule has 0 aliphatic rings. The molecule has 0 unspecified atom stereocenters. The van der Waals surface area contributed by atoms with Gasteiger partial charge in [-0.25, -0.2) is 0 Å². The number of benzene rings is 9. The van der Waals surface area contributed by atoms with Crippen LogP contribution in [0.25, 0.3) is 66.1 Å². The Kier molecular flexibility index (Phi) is 7.92. The summed E-state index contributed by atoms with van der Waals surface area (Å²) in [7, 11) is 0. The van der Waals surface area contributed by atoms with Crippen molar-refractivity contribution in [2.75, 3.05) is 4.90 Å². The fourth-order valence-electron chi connectivity index (χ4n) is 7.34. The third-order valence-corrected chi connectivity index (χ3v) is 9.89. The molecular formula is C50H35N. The van der Waals surface area contributed by atoms with Crippen LogP contribution in [0.3, 0.4) is 0 Å². The first-order chi connectivity index (χ1) is 25.3. The number of fused-ring (bicyclic) bond motifs is 2. The molecule has 0 bridgehead atoms. The van der Waals surface area contributed by atoms with Gasteiger partial charge in [0.25, 0.3) is 0 Å². The van der Waals surface area contributed by atoms with Crippen LogP contribution in [0.5, 0.6) is 0 Å². The Morgan fingerprint density at radius 3 is 1.29 bits per heavy atom. The van der Waals surface area contributed by atoms with Crippen LogP contribution in [0.4, 0.5) is 17.1 Å². The lowest BCUT2D eigenvalue weighted by atomic mass is 9.90. The van der Waals surface area contributed by atoms with E-state index < -0.39 is 0 Å². The van der Waals surface area contributed by atoms with Crippen molar-refractivity contribution in [1.82, 2.24) is 0 Å².